The summed E-state index contributed by atoms with van der Waals surface area (Å²) in [6.45, 7) is 4.93. The molecule has 0 unspecified atom stereocenters. The molecular formula is C24H28N4O4. The molecule has 8 heteroatoms. The summed E-state index contributed by atoms with van der Waals surface area (Å²) in [6.07, 6.45) is 3.40. The van der Waals surface area contributed by atoms with Gasteiger partial charge in [-0.25, -0.2) is 4.98 Å². The van der Waals surface area contributed by atoms with Crippen LogP contribution in [-0.2, 0) is 16.6 Å². The number of ether oxygens (including phenoxy) is 3. The van der Waals surface area contributed by atoms with Gasteiger partial charge in [0.25, 0.3) is 5.91 Å². The van der Waals surface area contributed by atoms with E-state index >= 15 is 0 Å². The Bertz CT molecular complexity index is 1080. The number of carbonyl (C=O) groups excluding carboxylic acids is 1. The molecule has 32 heavy (non-hydrogen) atoms. The average molecular weight is 437 g/mol. The van der Waals surface area contributed by atoms with Crippen LogP contribution in [0.4, 0.5) is 0 Å². The third kappa shape index (κ3) is 4.75. The van der Waals surface area contributed by atoms with Crippen LogP contribution in [0.2, 0.25) is 0 Å². The molecule has 1 aromatic carbocycles. The highest BCUT2D eigenvalue weighted by atomic mass is 16.5. The zero-order chi connectivity index (χ0) is 22.7. The summed E-state index contributed by atoms with van der Waals surface area (Å²) in [5, 5.41) is 4.21. The minimum absolute atomic E-state index is 0.0926. The molecule has 8 nitrogen and oxygen atoms in total. The van der Waals surface area contributed by atoms with Gasteiger partial charge in [-0.2, -0.15) is 5.10 Å². The second-order valence-electron chi connectivity index (χ2n) is 8.25. The van der Waals surface area contributed by atoms with Crippen LogP contribution < -0.4 is 9.47 Å². The molecule has 1 atom stereocenters. The second-order valence-corrected chi connectivity index (χ2v) is 8.25. The average Bonchev–Trinajstić information content (AvgIpc) is 3.25. The van der Waals surface area contributed by atoms with E-state index in [1.807, 2.05) is 43.6 Å². The number of carbonyl (C=O) groups is 1. The van der Waals surface area contributed by atoms with E-state index in [2.05, 4.69) is 5.10 Å². The minimum Gasteiger partial charge on any atom is -0.497 e. The topological polar surface area (TPSA) is 78.7 Å². The smallest absolute Gasteiger partial charge is 0.266 e. The molecule has 1 aliphatic rings. The van der Waals surface area contributed by atoms with Gasteiger partial charge in [-0.05, 0) is 50.2 Å². The van der Waals surface area contributed by atoms with Crippen LogP contribution >= 0.6 is 0 Å². The van der Waals surface area contributed by atoms with Crippen molar-refractivity contribution >= 4 is 5.91 Å². The lowest BCUT2D eigenvalue weighted by atomic mass is 10.1. The number of nitrogens with zero attached hydrogens (tertiary/aromatic N) is 4. The summed E-state index contributed by atoms with van der Waals surface area (Å²) >= 11 is 0. The van der Waals surface area contributed by atoms with Gasteiger partial charge in [0.05, 0.1) is 37.8 Å². The number of methoxy groups -OCH3 is 1. The fraction of sp³-hybridized carbons (Fsp3) is 0.375. The van der Waals surface area contributed by atoms with Crippen molar-refractivity contribution in [2.75, 3.05) is 26.8 Å². The summed E-state index contributed by atoms with van der Waals surface area (Å²) < 4.78 is 18.9. The maximum Gasteiger partial charge on any atom is 0.266 e. The van der Waals surface area contributed by atoms with Crippen LogP contribution in [0.15, 0.2) is 54.9 Å². The van der Waals surface area contributed by atoms with Crippen molar-refractivity contribution < 1.29 is 19.0 Å². The molecule has 0 radical (unpaired) electrons. The van der Waals surface area contributed by atoms with E-state index < -0.39 is 5.60 Å². The quantitative estimate of drug-likeness (QED) is 0.590. The van der Waals surface area contributed by atoms with E-state index in [1.54, 1.807) is 48.9 Å². The Morgan fingerprint density at radius 2 is 1.91 bits per heavy atom. The lowest BCUT2D eigenvalue weighted by Crippen LogP contribution is -2.53. The molecule has 3 aromatic rings. The molecular weight excluding hydrogens is 408 g/mol. The third-order valence-electron chi connectivity index (χ3n) is 5.40. The van der Waals surface area contributed by atoms with Crippen molar-refractivity contribution in [2.24, 2.45) is 7.05 Å². The maximum atomic E-state index is 13.3. The number of aromatic nitrogens is 3. The lowest BCUT2D eigenvalue weighted by Gasteiger charge is -2.37. The lowest BCUT2D eigenvalue weighted by molar-refractivity contribution is -0.153. The number of hydrogen-bond acceptors (Lipinski definition) is 6. The summed E-state index contributed by atoms with van der Waals surface area (Å²) in [7, 11) is 3.48. The number of amides is 1. The number of aryl methyl sites for hydroxylation is 1. The number of hydrogen-bond donors (Lipinski definition) is 0. The molecule has 1 amide bonds. The Balaban J connectivity index is 1.46. The first kappa shape index (κ1) is 21.8. The Morgan fingerprint density at radius 1 is 1.16 bits per heavy atom. The van der Waals surface area contributed by atoms with Gasteiger partial charge in [-0.15, -0.1) is 0 Å². The highest BCUT2D eigenvalue weighted by Crippen LogP contribution is 2.27. The van der Waals surface area contributed by atoms with Crippen LogP contribution in [0.5, 0.6) is 11.5 Å². The Labute approximate surface area is 187 Å². The van der Waals surface area contributed by atoms with Gasteiger partial charge in [0, 0.05) is 25.4 Å². The Hall–Kier alpha value is -3.39. The second kappa shape index (κ2) is 9.00. The minimum atomic E-state index is -1.03. The standard InChI is InChI=1S/C24H28N4O4/c1-24(2,32-19-10-8-18(30-4)9-11-19)23(29)28-12-13-31-22(16-28)21-7-5-6-20(26-21)17-14-25-27(3)15-17/h5-11,14-15,22H,12-13,16H2,1-4H3/t22-/m1/s1. The molecule has 0 N–H and O–H groups in total. The van der Waals surface area contributed by atoms with Crippen molar-refractivity contribution in [3.05, 3.63) is 60.6 Å². The highest BCUT2D eigenvalue weighted by Gasteiger charge is 2.37. The molecule has 0 spiro atoms. The first-order valence-electron chi connectivity index (χ1n) is 10.6. The fourth-order valence-electron chi connectivity index (χ4n) is 3.72. The zero-order valence-electron chi connectivity index (χ0n) is 18.8. The van der Waals surface area contributed by atoms with E-state index in [4.69, 9.17) is 19.2 Å². The van der Waals surface area contributed by atoms with Crippen molar-refractivity contribution in [1.29, 1.82) is 0 Å². The SMILES string of the molecule is COc1ccc(OC(C)(C)C(=O)N2CCO[C@@H](c3cccc(-c4cnn(C)c4)n3)C2)cc1. The molecule has 1 fully saturated rings. The molecule has 0 saturated carbocycles. The number of benzene rings is 1. The molecule has 0 bridgehead atoms. The van der Waals surface area contributed by atoms with E-state index in [9.17, 15) is 4.79 Å². The highest BCUT2D eigenvalue weighted by molar-refractivity contribution is 5.85. The molecule has 168 valence electrons. The van der Waals surface area contributed by atoms with Gasteiger partial charge < -0.3 is 19.1 Å². The first-order chi connectivity index (χ1) is 15.4. The molecule has 0 aliphatic carbocycles. The van der Waals surface area contributed by atoms with Crippen molar-refractivity contribution in [3.63, 3.8) is 0 Å². The van der Waals surface area contributed by atoms with E-state index in [0.29, 0.717) is 25.4 Å². The normalized spacial score (nSPS) is 16.6. The van der Waals surface area contributed by atoms with E-state index in [1.165, 1.54) is 0 Å². The molecule has 1 aliphatic heterocycles. The van der Waals surface area contributed by atoms with Gasteiger partial charge in [0.1, 0.15) is 17.6 Å². The molecule has 4 rings (SSSR count). The predicted molar refractivity (Wildman–Crippen MR) is 119 cm³/mol. The van der Waals surface area contributed by atoms with Gasteiger partial charge in [-0.1, -0.05) is 6.07 Å². The van der Waals surface area contributed by atoms with Crippen molar-refractivity contribution in [2.45, 2.75) is 25.6 Å². The fourth-order valence-corrected chi connectivity index (χ4v) is 3.72. The van der Waals surface area contributed by atoms with Crippen molar-refractivity contribution in [1.82, 2.24) is 19.7 Å². The van der Waals surface area contributed by atoms with Gasteiger partial charge >= 0.3 is 0 Å². The largest absolute Gasteiger partial charge is 0.497 e. The third-order valence-corrected chi connectivity index (χ3v) is 5.40. The van der Waals surface area contributed by atoms with Crippen LogP contribution in [0.25, 0.3) is 11.3 Å². The van der Waals surface area contributed by atoms with Gasteiger partial charge in [-0.3, -0.25) is 9.48 Å². The zero-order valence-corrected chi connectivity index (χ0v) is 18.8. The van der Waals surface area contributed by atoms with Crippen LogP contribution in [0.3, 0.4) is 0 Å². The first-order valence-corrected chi connectivity index (χ1v) is 10.6. The van der Waals surface area contributed by atoms with Crippen LogP contribution in [0.1, 0.15) is 25.6 Å². The van der Waals surface area contributed by atoms with Gasteiger partial charge in [0.2, 0.25) is 0 Å². The van der Waals surface area contributed by atoms with Gasteiger partial charge in [0.15, 0.2) is 5.60 Å². The Morgan fingerprint density at radius 3 is 2.59 bits per heavy atom. The molecule has 2 aromatic heterocycles. The summed E-state index contributed by atoms with van der Waals surface area (Å²) in [5.74, 6) is 1.25. The van der Waals surface area contributed by atoms with Crippen LogP contribution in [-0.4, -0.2) is 58.0 Å². The molecule has 1 saturated heterocycles. The number of pyridine rings is 1. The van der Waals surface area contributed by atoms with Crippen molar-refractivity contribution in [3.8, 4) is 22.8 Å². The van der Waals surface area contributed by atoms with Crippen LogP contribution in [0, 0.1) is 0 Å². The van der Waals surface area contributed by atoms with E-state index in [-0.39, 0.29) is 12.0 Å². The Kier molecular flexibility index (Phi) is 6.14. The summed E-state index contributed by atoms with van der Waals surface area (Å²) in [6, 6.07) is 13.0. The maximum absolute atomic E-state index is 13.3. The predicted octanol–water partition coefficient (Wildman–Crippen LogP) is 3.25. The summed E-state index contributed by atoms with van der Waals surface area (Å²) in [4.78, 5) is 19.9. The number of morpholine rings is 1. The molecule has 3 heterocycles. The number of rotatable bonds is 6. The summed E-state index contributed by atoms with van der Waals surface area (Å²) in [5.41, 5.74) is 1.53. The monoisotopic (exact) mass is 436 g/mol. The van der Waals surface area contributed by atoms with E-state index in [0.717, 1.165) is 22.7 Å².